The highest BCUT2D eigenvalue weighted by Crippen LogP contribution is 2.39. The highest BCUT2D eigenvalue weighted by Gasteiger charge is 2.17. The van der Waals surface area contributed by atoms with Crippen molar-refractivity contribution in [2.45, 2.75) is 47.5 Å². The molecule has 2 heteroatoms. The molecule has 0 unspecified atom stereocenters. The van der Waals surface area contributed by atoms with Crippen LogP contribution in [0.25, 0.3) is 22.3 Å². The van der Waals surface area contributed by atoms with Crippen molar-refractivity contribution in [2.75, 3.05) is 14.2 Å². The van der Waals surface area contributed by atoms with Crippen molar-refractivity contribution in [2.24, 2.45) is 0 Å². The second-order valence-corrected chi connectivity index (χ2v) is 7.72. The van der Waals surface area contributed by atoms with Crippen molar-refractivity contribution in [1.29, 1.82) is 0 Å². The zero-order chi connectivity index (χ0) is 21.1. The summed E-state index contributed by atoms with van der Waals surface area (Å²) in [7, 11) is 3.44. The van der Waals surface area contributed by atoms with Crippen LogP contribution in [0.2, 0.25) is 0 Å². The fraction of sp³-hybridized carbons (Fsp3) is 0.333. The van der Waals surface area contributed by atoms with Crippen molar-refractivity contribution >= 4 is 0 Å². The van der Waals surface area contributed by atoms with E-state index in [1.807, 2.05) is 0 Å². The molecule has 0 atom stereocenters. The van der Waals surface area contributed by atoms with Gasteiger partial charge in [0.2, 0.25) is 0 Å². The van der Waals surface area contributed by atoms with Crippen LogP contribution in [0.3, 0.4) is 0 Å². The average molecular weight is 388 g/mol. The van der Waals surface area contributed by atoms with Crippen LogP contribution in [-0.4, -0.2) is 14.2 Å². The van der Waals surface area contributed by atoms with Gasteiger partial charge >= 0.3 is 0 Å². The predicted octanol–water partition coefficient (Wildman–Crippen LogP) is 7.02. The van der Waals surface area contributed by atoms with E-state index in [4.69, 9.17) is 9.47 Å². The van der Waals surface area contributed by atoms with Crippen LogP contribution in [0.4, 0.5) is 0 Å². The van der Waals surface area contributed by atoms with Crippen LogP contribution in [0, 0.1) is 33.8 Å². The fourth-order valence-corrected chi connectivity index (χ4v) is 4.19. The van der Waals surface area contributed by atoms with E-state index in [2.05, 4.69) is 77.1 Å². The van der Waals surface area contributed by atoms with Crippen LogP contribution >= 0.6 is 0 Å². The van der Waals surface area contributed by atoms with Gasteiger partial charge in [0.1, 0.15) is 11.5 Å². The smallest absolute Gasteiger partial charge is 0.121 e. The third kappa shape index (κ3) is 4.03. The Hall–Kier alpha value is -2.74. The third-order valence-electron chi connectivity index (χ3n) is 5.72. The first-order valence-electron chi connectivity index (χ1n) is 10.3. The number of ether oxygens (including phenoxy) is 2. The standard InChI is InChI=1S/C27H31O2/c1-8-9-21-16-24(22-10-12-25(28-6)17(2)14-22)20(5)27(19(21)4)23-11-13-26(29-7)18(3)15-23/h10-15H,8-9H2,1-7H3. The first kappa shape index (κ1) is 21.0. The van der Waals surface area contributed by atoms with Crippen molar-refractivity contribution in [3.63, 3.8) is 0 Å². The maximum absolute atomic E-state index is 5.47. The van der Waals surface area contributed by atoms with E-state index in [1.54, 1.807) is 14.2 Å². The van der Waals surface area contributed by atoms with E-state index in [9.17, 15) is 0 Å². The van der Waals surface area contributed by atoms with Crippen LogP contribution in [0.5, 0.6) is 11.5 Å². The minimum Gasteiger partial charge on any atom is -0.496 e. The number of hydrogen-bond acceptors (Lipinski definition) is 2. The van der Waals surface area contributed by atoms with E-state index < -0.39 is 0 Å². The van der Waals surface area contributed by atoms with Gasteiger partial charge in [-0.25, -0.2) is 0 Å². The first-order chi connectivity index (χ1) is 13.9. The Morgan fingerprint density at radius 2 is 1.31 bits per heavy atom. The molecule has 0 aliphatic carbocycles. The van der Waals surface area contributed by atoms with Crippen molar-refractivity contribution in [1.82, 2.24) is 0 Å². The highest BCUT2D eigenvalue weighted by atomic mass is 16.5. The number of methoxy groups -OCH3 is 2. The van der Waals surface area contributed by atoms with E-state index in [0.29, 0.717) is 0 Å². The zero-order valence-corrected chi connectivity index (χ0v) is 18.7. The molecule has 3 rings (SSSR count). The molecule has 0 saturated carbocycles. The molecule has 0 fully saturated rings. The van der Waals surface area contributed by atoms with Gasteiger partial charge < -0.3 is 9.47 Å². The van der Waals surface area contributed by atoms with E-state index >= 15 is 0 Å². The van der Waals surface area contributed by atoms with Gasteiger partial charge in [-0.1, -0.05) is 25.5 Å². The molecule has 151 valence electrons. The molecule has 0 saturated heterocycles. The van der Waals surface area contributed by atoms with Crippen molar-refractivity contribution < 1.29 is 9.47 Å². The summed E-state index contributed by atoms with van der Waals surface area (Å²) >= 11 is 0. The summed E-state index contributed by atoms with van der Waals surface area (Å²) < 4.78 is 10.9. The van der Waals surface area contributed by atoms with Gasteiger partial charge in [0, 0.05) is 0 Å². The molecule has 0 aliphatic heterocycles. The molecule has 0 amide bonds. The van der Waals surface area contributed by atoms with Crippen molar-refractivity contribution in [3.05, 3.63) is 70.3 Å². The summed E-state index contributed by atoms with van der Waals surface area (Å²) in [6, 6.07) is 16.6. The Labute approximate surface area is 175 Å². The Bertz CT molecular complexity index is 1030. The van der Waals surface area contributed by atoms with Gasteiger partial charge in [0.25, 0.3) is 0 Å². The van der Waals surface area contributed by atoms with E-state index in [-0.39, 0.29) is 0 Å². The fourth-order valence-electron chi connectivity index (χ4n) is 4.19. The Kier molecular flexibility index (Phi) is 6.32. The number of benzene rings is 3. The molecule has 0 spiro atoms. The summed E-state index contributed by atoms with van der Waals surface area (Å²) in [5.74, 6) is 1.84. The Balaban J connectivity index is 2.26. The molecular weight excluding hydrogens is 356 g/mol. The minimum atomic E-state index is 0.915. The normalized spacial score (nSPS) is 10.9. The average Bonchev–Trinajstić information content (AvgIpc) is 2.70. The van der Waals surface area contributed by atoms with E-state index in [0.717, 1.165) is 35.5 Å². The molecule has 2 nitrogen and oxygen atoms in total. The summed E-state index contributed by atoms with van der Waals surface area (Å²) in [6.45, 7) is 10.9. The SMILES string of the molecule is CCCc1[c]c(-c2ccc(OC)c(C)c2)c(C)c(-c2ccc(OC)c(C)c2)c1C. The Morgan fingerprint density at radius 3 is 1.83 bits per heavy atom. The molecular formula is C27H31O2. The van der Waals surface area contributed by atoms with Gasteiger partial charge in [-0.3, -0.25) is 0 Å². The monoisotopic (exact) mass is 387 g/mol. The van der Waals surface area contributed by atoms with Crippen LogP contribution in [-0.2, 0) is 6.42 Å². The van der Waals surface area contributed by atoms with Gasteiger partial charge in [-0.15, -0.1) is 0 Å². The zero-order valence-electron chi connectivity index (χ0n) is 18.7. The van der Waals surface area contributed by atoms with Gasteiger partial charge in [-0.05, 0) is 115 Å². The highest BCUT2D eigenvalue weighted by molar-refractivity contribution is 5.82. The molecule has 29 heavy (non-hydrogen) atoms. The lowest BCUT2D eigenvalue weighted by atomic mass is 9.84. The van der Waals surface area contributed by atoms with Crippen LogP contribution < -0.4 is 9.47 Å². The van der Waals surface area contributed by atoms with Gasteiger partial charge in [0.15, 0.2) is 0 Å². The van der Waals surface area contributed by atoms with Crippen LogP contribution in [0.1, 0.15) is 41.2 Å². The molecule has 3 aromatic carbocycles. The lowest BCUT2D eigenvalue weighted by Crippen LogP contribution is -2.00. The first-order valence-corrected chi connectivity index (χ1v) is 10.3. The van der Waals surface area contributed by atoms with E-state index in [1.165, 1.54) is 38.9 Å². The molecule has 0 heterocycles. The quantitative estimate of drug-likeness (QED) is 0.452. The molecule has 1 radical (unpaired) electrons. The second kappa shape index (κ2) is 8.73. The molecule has 0 bridgehead atoms. The largest absolute Gasteiger partial charge is 0.496 e. The summed E-state index contributed by atoms with van der Waals surface area (Å²) in [5, 5.41) is 0. The minimum absolute atomic E-state index is 0.915. The number of rotatable bonds is 6. The predicted molar refractivity (Wildman–Crippen MR) is 122 cm³/mol. The molecule has 0 aliphatic rings. The maximum Gasteiger partial charge on any atom is 0.121 e. The molecule has 0 aromatic heterocycles. The maximum atomic E-state index is 5.47. The second-order valence-electron chi connectivity index (χ2n) is 7.72. The number of aryl methyl sites for hydroxylation is 3. The summed E-state index contributed by atoms with van der Waals surface area (Å²) in [5.41, 5.74) is 11.1. The molecule has 3 aromatic rings. The third-order valence-corrected chi connectivity index (χ3v) is 5.72. The Morgan fingerprint density at radius 1 is 0.759 bits per heavy atom. The number of hydrogen-bond donors (Lipinski definition) is 0. The summed E-state index contributed by atoms with van der Waals surface area (Å²) in [6.07, 6.45) is 2.12. The topological polar surface area (TPSA) is 18.5 Å². The molecule has 0 N–H and O–H groups in total. The van der Waals surface area contributed by atoms with Crippen LogP contribution in [0.15, 0.2) is 36.4 Å². The van der Waals surface area contributed by atoms with Gasteiger partial charge in [0.05, 0.1) is 14.2 Å². The van der Waals surface area contributed by atoms with Gasteiger partial charge in [-0.2, -0.15) is 0 Å². The lowest BCUT2D eigenvalue weighted by molar-refractivity contribution is 0.411. The summed E-state index contributed by atoms with van der Waals surface area (Å²) in [4.78, 5) is 0. The van der Waals surface area contributed by atoms with Crippen molar-refractivity contribution in [3.8, 4) is 33.8 Å². The lowest BCUT2D eigenvalue weighted by Gasteiger charge is -2.20.